The molecular formula is C15H19N3O2. The van der Waals surface area contributed by atoms with Crippen LogP contribution in [0.5, 0.6) is 5.75 Å². The molecule has 0 amide bonds. The van der Waals surface area contributed by atoms with Crippen LogP contribution in [-0.4, -0.2) is 10.1 Å². The van der Waals surface area contributed by atoms with Crippen LogP contribution in [0.3, 0.4) is 0 Å². The lowest BCUT2D eigenvalue weighted by molar-refractivity contribution is 0.241. The third-order valence-corrected chi connectivity index (χ3v) is 3.48. The Balaban J connectivity index is 1.66. The van der Waals surface area contributed by atoms with Gasteiger partial charge in [-0.3, -0.25) is 0 Å². The molecule has 1 aliphatic rings. The first-order valence-electron chi connectivity index (χ1n) is 6.89. The highest BCUT2D eigenvalue weighted by molar-refractivity contribution is 5.38. The van der Waals surface area contributed by atoms with Crippen LogP contribution in [0.25, 0.3) is 0 Å². The molecule has 0 radical (unpaired) electrons. The fraction of sp³-hybridized carbons (Fsp3) is 0.467. The summed E-state index contributed by atoms with van der Waals surface area (Å²) in [7, 11) is 0. The van der Waals surface area contributed by atoms with Gasteiger partial charge in [0.25, 0.3) is 5.89 Å². The molecule has 1 aliphatic carbocycles. The lowest BCUT2D eigenvalue weighted by Gasteiger charge is -2.11. The number of ether oxygens (including phenoxy) is 1. The number of nitrogens with two attached hydrogens (primary N) is 1. The summed E-state index contributed by atoms with van der Waals surface area (Å²) in [6.07, 6.45) is 3.55. The van der Waals surface area contributed by atoms with E-state index in [-0.39, 0.29) is 6.61 Å². The SMILES string of the molecule is CC(C)(N)c1noc(COc2ccc3c(c2)CCC3)n1. The topological polar surface area (TPSA) is 74.2 Å². The maximum Gasteiger partial charge on any atom is 0.264 e. The molecule has 0 saturated carbocycles. The molecule has 1 aromatic heterocycles. The van der Waals surface area contributed by atoms with E-state index in [1.165, 1.54) is 24.0 Å². The Bertz CT molecular complexity index is 614. The van der Waals surface area contributed by atoms with Crippen LogP contribution in [0.1, 0.15) is 43.1 Å². The third-order valence-electron chi connectivity index (χ3n) is 3.48. The Kier molecular flexibility index (Phi) is 3.22. The predicted molar refractivity (Wildman–Crippen MR) is 74.3 cm³/mol. The van der Waals surface area contributed by atoms with E-state index in [0.29, 0.717) is 11.7 Å². The summed E-state index contributed by atoms with van der Waals surface area (Å²) in [6.45, 7) is 3.94. The second kappa shape index (κ2) is 4.90. The molecule has 0 saturated heterocycles. The van der Waals surface area contributed by atoms with E-state index >= 15 is 0 Å². The van der Waals surface area contributed by atoms with Crippen molar-refractivity contribution in [1.82, 2.24) is 10.1 Å². The number of fused-ring (bicyclic) bond motifs is 1. The molecule has 2 aromatic rings. The lowest BCUT2D eigenvalue weighted by atomic mass is 10.1. The minimum atomic E-state index is -0.602. The van der Waals surface area contributed by atoms with Gasteiger partial charge in [-0.05, 0) is 56.4 Å². The van der Waals surface area contributed by atoms with Crippen molar-refractivity contribution >= 4 is 0 Å². The van der Waals surface area contributed by atoms with Crippen LogP contribution in [0, 0.1) is 0 Å². The zero-order chi connectivity index (χ0) is 14.2. The quantitative estimate of drug-likeness (QED) is 0.925. The normalized spacial score (nSPS) is 14.3. The summed E-state index contributed by atoms with van der Waals surface area (Å²) in [6, 6.07) is 6.24. The van der Waals surface area contributed by atoms with E-state index < -0.39 is 5.54 Å². The van der Waals surface area contributed by atoms with Crippen molar-refractivity contribution < 1.29 is 9.26 Å². The van der Waals surface area contributed by atoms with E-state index in [0.717, 1.165) is 12.2 Å². The molecule has 106 valence electrons. The van der Waals surface area contributed by atoms with Gasteiger partial charge in [0, 0.05) is 0 Å². The number of rotatable bonds is 4. The molecule has 5 nitrogen and oxygen atoms in total. The van der Waals surface area contributed by atoms with Crippen molar-refractivity contribution in [2.45, 2.75) is 45.3 Å². The molecule has 2 N–H and O–H groups in total. The van der Waals surface area contributed by atoms with Gasteiger partial charge < -0.3 is 15.0 Å². The standard InChI is InChI=1S/C15H19N3O2/c1-15(2,16)14-17-13(20-18-14)9-19-12-7-6-10-4-3-5-11(10)8-12/h6-8H,3-5,9,16H2,1-2H3. The highest BCUT2D eigenvalue weighted by Crippen LogP contribution is 2.26. The van der Waals surface area contributed by atoms with Gasteiger partial charge in [0.05, 0.1) is 5.54 Å². The van der Waals surface area contributed by atoms with E-state index in [1.54, 1.807) is 0 Å². The van der Waals surface area contributed by atoms with Crippen LogP contribution in [0.15, 0.2) is 22.7 Å². The number of aryl methyl sites for hydroxylation is 2. The summed E-state index contributed by atoms with van der Waals surface area (Å²) in [5, 5.41) is 3.87. The molecule has 0 spiro atoms. The van der Waals surface area contributed by atoms with Crippen molar-refractivity contribution in [2.24, 2.45) is 5.73 Å². The second-order valence-corrected chi connectivity index (χ2v) is 5.81. The minimum Gasteiger partial charge on any atom is -0.484 e. The first-order valence-corrected chi connectivity index (χ1v) is 6.89. The van der Waals surface area contributed by atoms with Crippen molar-refractivity contribution in [2.75, 3.05) is 0 Å². The average Bonchev–Trinajstić information content (AvgIpc) is 3.04. The van der Waals surface area contributed by atoms with E-state index in [4.69, 9.17) is 15.0 Å². The molecule has 1 aromatic carbocycles. The summed E-state index contributed by atoms with van der Waals surface area (Å²) in [5.41, 5.74) is 8.13. The van der Waals surface area contributed by atoms with Crippen LogP contribution in [-0.2, 0) is 25.0 Å². The predicted octanol–water partition coefficient (Wildman–Crippen LogP) is 2.33. The summed E-state index contributed by atoms with van der Waals surface area (Å²) < 4.78 is 10.8. The van der Waals surface area contributed by atoms with Crippen LogP contribution >= 0.6 is 0 Å². The maximum absolute atomic E-state index is 5.91. The van der Waals surface area contributed by atoms with E-state index in [9.17, 15) is 0 Å². The monoisotopic (exact) mass is 273 g/mol. The van der Waals surface area contributed by atoms with Gasteiger partial charge in [0.2, 0.25) is 0 Å². The smallest absolute Gasteiger partial charge is 0.264 e. The van der Waals surface area contributed by atoms with Crippen molar-refractivity contribution in [3.63, 3.8) is 0 Å². The van der Waals surface area contributed by atoms with Crippen LogP contribution < -0.4 is 10.5 Å². The van der Waals surface area contributed by atoms with Gasteiger partial charge in [-0.2, -0.15) is 4.98 Å². The Morgan fingerprint density at radius 2 is 2.10 bits per heavy atom. The fourth-order valence-corrected chi connectivity index (χ4v) is 2.36. The highest BCUT2D eigenvalue weighted by atomic mass is 16.5. The molecule has 5 heteroatoms. The van der Waals surface area contributed by atoms with Gasteiger partial charge >= 0.3 is 0 Å². The second-order valence-electron chi connectivity index (χ2n) is 5.81. The summed E-state index contributed by atoms with van der Waals surface area (Å²) in [5.74, 6) is 1.78. The highest BCUT2D eigenvalue weighted by Gasteiger charge is 2.21. The molecule has 3 rings (SSSR count). The minimum absolute atomic E-state index is 0.266. The molecule has 20 heavy (non-hydrogen) atoms. The van der Waals surface area contributed by atoms with Gasteiger partial charge in [-0.15, -0.1) is 0 Å². The van der Waals surface area contributed by atoms with Crippen molar-refractivity contribution in [3.05, 3.63) is 41.0 Å². The molecular weight excluding hydrogens is 254 g/mol. The van der Waals surface area contributed by atoms with Crippen molar-refractivity contribution in [3.8, 4) is 5.75 Å². The molecule has 0 bridgehead atoms. The molecule has 1 heterocycles. The van der Waals surface area contributed by atoms with E-state index in [2.05, 4.69) is 22.3 Å². The Hall–Kier alpha value is -1.88. The largest absolute Gasteiger partial charge is 0.484 e. The maximum atomic E-state index is 5.91. The summed E-state index contributed by atoms with van der Waals surface area (Å²) >= 11 is 0. The number of hydrogen-bond donors (Lipinski definition) is 1. The van der Waals surface area contributed by atoms with Gasteiger partial charge in [-0.1, -0.05) is 11.2 Å². The van der Waals surface area contributed by atoms with Gasteiger partial charge in [-0.25, -0.2) is 0 Å². The number of benzene rings is 1. The number of aromatic nitrogens is 2. The van der Waals surface area contributed by atoms with Crippen molar-refractivity contribution in [1.29, 1.82) is 0 Å². The summed E-state index contributed by atoms with van der Waals surface area (Å²) in [4.78, 5) is 4.24. The van der Waals surface area contributed by atoms with E-state index in [1.807, 2.05) is 19.9 Å². The zero-order valence-corrected chi connectivity index (χ0v) is 11.8. The Morgan fingerprint density at radius 1 is 1.30 bits per heavy atom. The first kappa shape index (κ1) is 13.1. The van der Waals surface area contributed by atoms with Gasteiger partial charge in [0.15, 0.2) is 12.4 Å². The average molecular weight is 273 g/mol. The first-order chi connectivity index (χ1) is 9.52. The molecule has 0 atom stereocenters. The Morgan fingerprint density at radius 3 is 2.85 bits per heavy atom. The Labute approximate surface area is 118 Å². The lowest BCUT2D eigenvalue weighted by Crippen LogP contribution is -2.30. The number of hydrogen-bond acceptors (Lipinski definition) is 5. The third kappa shape index (κ3) is 2.67. The van der Waals surface area contributed by atoms with Crippen LogP contribution in [0.4, 0.5) is 0 Å². The molecule has 0 aliphatic heterocycles. The fourth-order valence-electron chi connectivity index (χ4n) is 2.36. The molecule has 0 fully saturated rings. The van der Waals surface area contributed by atoms with Gasteiger partial charge in [0.1, 0.15) is 5.75 Å². The number of nitrogens with zero attached hydrogens (tertiary/aromatic N) is 2. The van der Waals surface area contributed by atoms with Crippen LogP contribution in [0.2, 0.25) is 0 Å². The molecule has 0 unspecified atom stereocenters. The zero-order valence-electron chi connectivity index (χ0n) is 11.8.